The van der Waals surface area contributed by atoms with Gasteiger partial charge in [-0.25, -0.2) is 38.4 Å². The number of anilines is 4. The number of carbonyl (C=O) groups excluding carboxylic acids is 4. The smallest absolute Gasteiger partial charge is 1.00 e. The van der Waals surface area contributed by atoms with E-state index < -0.39 is 46.5 Å². The topological polar surface area (TPSA) is 565 Å². The molecule has 16 aromatic rings. The van der Waals surface area contributed by atoms with Gasteiger partial charge in [-0.15, -0.1) is 45.3 Å². The van der Waals surface area contributed by atoms with Crippen molar-refractivity contribution in [2.24, 2.45) is 0 Å². The van der Waals surface area contributed by atoms with Gasteiger partial charge in [0.15, 0.2) is 13.5 Å². The maximum Gasteiger partial charge on any atom is 2.00 e. The molecule has 0 bridgehead atoms. The van der Waals surface area contributed by atoms with Gasteiger partial charge in [0.2, 0.25) is 0 Å². The van der Waals surface area contributed by atoms with E-state index in [0.717, 1.165) is 54.7 Å². The molecule has 4 saturated carbocycles. The predicted molar refractivity (Wildman–Crippen MR) is 508 cm³/mol. The number of H-pyrrole nitrogens is 2. The van der Waals surface area contributed by atoms with E-state index in [1.54, 1.807) is 82.0 Å². The summed E-state index contributed by atoms with van der Waals surface area (Å²) in [7, 11) is -9.23. The number of phosphoric acid groups is 2. The number of phosphoric ester groups is 2. The van der Waals surface area contributed by atoms with Gasteiger partial charge < -0.3 is 63.0 Å². The summed E-state index contributed by atoms with van der Waals surface area (Å²) in [4.78, 5) is 123. The average Bonchev–Trinajstić information content (AvgIpc) is 1.60. The molecule has 0 radical (unpaired) electrons. The van der Waals surface area contributed by atoms with Crippen LogP contribution in [0.2, 0.25) is 0 Å². The molecule has 16 aromatic heterocycles. The third-order valence-corrected chi connectivity index (χ3v) is 26.3. The molecule has 4 fully saturated rings. The number of ether oxygens (including phenoxy) is 3. The number of hydrogen-bond donors (Lipinski definition) is 11. The number of nitrogens with one attached hydrogen (secondary N) is 6. The number of aromatic amines is 2. The molecule has 20 rings (SSSR count). The van der Waals surface area contributed by atoms with Gasteiger partial charge in [0.05, 0.1) is 124 Å². The van der Waals surface area contributed by atoms with Gasteiger partial charge in [-0.2, -0.15) is 40.8 Å². The first-order chi connectivity index (χ1) is 65.6. The molecule has 708 valence electrons. The van der Waals surface area contributed by atoms with Gasteiger partial charge in [-0.05, 0) is 135 Å². The Hall–Kier alpha value is -8.73. The number of amides is 4. The van der Waals surface area contributed by atoms with E-state index in [0.29, 0.717) is 132 Å². The van der Waals surface area contributed by atoms with Gasteiger partial charge >= 0.3 is 156 Å². The summed E-state index contributed by atoms with van der Waals surface area (Å²) in [5, 5.41) is 71.2. The Morgan fingerprint density at radius 3 is 1.03 bits per heavy atom. The zero-order valence-corrected chi connectivity index (χ0v) is 89.4. The molecule has 53 heteroatoms. The Morgan fingerprint density at radius 2 is 0.763 bits per heavy atom. The first kappa shape index (κ1) is 106. The summed E-state index contributed by atoms with van der Waals surface area (Å²) in [6.07, 6.45) is 34.2. The minimum atomic E-state index is -4.62. The van der Waals surface area contributed by atoms with Crippen LogP contribution in [0.1, 0.15) is 155 Å². The van der Waals surface area contributed by atoms with Crippen LogP contribution in [0.15, 0.2) is 193 Å². The Morgan fingerprint density at radius 1 is 0.460 bits per heavy atom. The maximum absolute atomic E-state index is 13.1. The molecule has 0 unspecified atom stereocenters. The van der Waals surface area contributed by atoms with E-state index in [-0.39, 0.29) is 215 Å². The van der Waals surface area contributed by atoms with Crippen LogP contribution in [0, 0.1) is 0 Å². The Bertz CT molecular complexity index is 6670. The van der Waals surface area contributed by atoms with Gasteiger partial charge in [0.25, 0.3) is 23.6 Å². The number of nitrogens with zero attached hydrogens (tertiary/aromatic N) is 22. The summed E-state index contributed by atoms with van der Waals surface area (Å²) in [6.45, 7) is 10.4. The van der Waals surface area contributed by atoms with Crippen LogP contribution in [-0.4, -0.2) is 248 Å². The molecular formula is C86H92CaK2N28O16P2S4+2. The minimum absolute atomic E-state index is 0. The first-order valence-electron chi connectivity index (χ1n) is 42.8. The van der Waals surface area contributed by atoms with E-state index in [1.165, 1.54) is 79.5 Å². The van der Waals surface area contributed by atoms with Crippen LogP contribution in [0.25, 0.3) is 87.8 Å². The van der Waals surface area contributed by atoms with Gasteiger partial charge in [0, 0.05) is 131 Å². The number of pyridine rings is 4. The third-order valence-electron chi connectivity index (χ3n) is 21.8. The quantitative estimate of drug-likeness (QED) is 0.0141. The molecule has 139 heavy (non-hydrogen) atoms. The fourth-order valence-corrected chi connectivity index (χ4v) is 18.6. The summed E-state index contributed by atoms with van der Waals surface area (Å²) < 4.78 is 57.7. The molecule has 4 amide bonds. The van der Waals surface area contributed by atoms with Crippen LogP contribution >= 0.6 is 61.0 Å². The molecule has 0 aromatic carbocycles. The first-order valence-corrected chi connectivity index (χ1v) is 49.4. The number of carbonyl (C=O) groups is 4. The van der Waals surface area contributed by atoms with Crippen molar-refractivity contribution < 1.29 is 182 Å². The normalized spacial score (nSPS) is 17.9. The second-order valence-electron chi connectivity index (χ2n) is 32.2. The average molecular weight is 2080 g/mol. The third kappa shape index (κ3) is 27.6. The van der Waals surface area contributed by atoms with Gasteiger partial charge in [-0.3, -0.25) is 77.1 Å². The van der Waals surface area contributed by atoms with E-state index >= 15 is 0 Å². The van der Waals surface area contributed by atoms with Crippen molar-refractivity contribution in [1.82, 2.24) is 119 Å². The van der Waals surface area contributed by atoms with Crippen molar-refractivity contribution in [3.05, 3.63) is 216 Å². The van der Waals surface area contributed by atoms with Crippen LogP contribution in [-0.2, 0) is 45.8 Å². The van der Waals surface area contributed by atoms with E-state index in [9.17, 15) is 33.4 Å². The molecule has 11 N–H and O–H groups in total. The SMILES string of the molecule is CC(C)OC1CC(n2cc(NC(=O)c3csc(-c4cn[nH]c4)n3)c(-c3ccccn3)n2)C1.CC1(O)CC(n2cc(NC(=O)c3csc(-c4cn[nH]c4)n3)c(-c3ccccn3)n2)C1.CCOC1CC(n2cc(NC(=O)c3csc(-c4cnn(COP(=O)(O)O)c4)n3)c(-c3ccccn3)n2)C1.CCOC1CC(n2cc(NC(=O)c3csc(-c4cnn(COP(=O)(O)O)c4)n3)c(-c3ccccn3)n2)C1.[Ca+2].[H-].[H-].[K+].[K+]. The van der Waals surface area contributed by atoms with E-state index in [2.05, 4.69) is 106 Å². The summed E-state index contributed by atoms with van der Waals surface area (Å²) >= 11 is 5.25. The Labute approximate surface area is 926 Å². The second kappa shape index (κ2) is 48.1. The van der Waals surface area contributed by atoms with Crippen LogP contribution < -0.4 is 124 Å². The summed E-state index contributed by atoms with van der Waals surface area (Å²) in [5.41, 5.74) is 10.5. The van der Waals surface area contributed by atoms with Crippen molar-refractivity contribution in [2.45, 2.75) is 154 Å². The molecule has 4 aliphatic rings. The fourth-order valence-electron chi connectivity index (χ4n) is 15.0. The maximum atomic E-state index is 13.1. The second-order valence-corrected chi connectivity index (χ2v) is 38.1. The van der Waals surface area contributed by atoms with Crippen LogP contribution in [0.4, 0.5) is 22.7 Å². The van der Waals surface area contributed by atoms with Crippen molar-refractivity contribution in [2.75, 3.05) is 34.5 Å². The van der Waals surface area contributed by atoms with Crippen molar-refractivity contribution >= 4 is 145 Å². The summed E-state index contributed by atoms with van der Waals surface area (Å²) in [5.74, 6) is -1.42. The molecule has 0 spiro atoms. The van der Waals surface area contributed by atoms with E-state index in [4.69, 9.17) is 49.1 Å². The predicted octanol–water partition coefficient (Wildman–Crippen LogP) is 7.80. The zero-order chi connectivity index (χ0) is 94.8. The Balaban J connectivity index is 0.000000167. The van der Waals surface area contributed by atoms with Gasteiger partial charge in [-0.1, -0.05) is 24.3 Å². The molecule has 0 saturated heterocycles. The van der Waals surface area contributed by atoms with Crippen molar-refractivity contribution in [3.8, 4) is 87.8 Å². The zero-order valence-electron chi connectivity index (χ0n) is 77.9. The fraction of sp³-hybridized carbons (Fsp3) is 0.302. The molecular weight excluding hydrogens is 1990 g/mol. The number of thiazole rings is 4. The standard InChI is InChI=1S/2C22H24N7O6PS.C22H23N7O2S.C20H19N7O2S.Ca.2K.2H/c2*1-2-34-16-7-15(8-16)29-11-18(20(27-29)17-5-3-4-6-23-17)25-21(30)19-12-37-22(26-19)14-9-24-28(10-14)13-35-36(31,32)33;1-13(2)31-16-7-15(8-16)29-11-18(20(28-29)17-5-3-4-6-23-17)26-21(30)19-12-32-22(27-19)14-9-24-25-10-14;1-20(29)6-13(7-20)27-10-15(17(26-27)14-4-2-3-5-21-14)24-18(28)16-11-30-19(25-16)12-8-22-23-9-12;;;;;/h2*3-6,9-12,15-16H,2,7-8,13H2,1H3,(H,25,30)(H2,31,32,33);3-6,9-13,15-16H,7-8H2,1-2H3,(H,24,25)(H,26,30);2-5,8-11,13,29H,6-7H2,1H3,(H,22,23)(H,24,28);;;;;/q;;;;+2;2*+1;2*-1. The van der Waals surface area contributed by atoms with Crippen molar-refractivity contribution in [1.29, 1.82) is 0 Å². The molecule has 0 atom stereocenters. The monoisotopic (exact) mass is 2080 g/mol. The number of aliphatic hydroxyl groups is 1. The largest absolute Gasteiger partial charge is 2.00 e. The minimum Gasteiger partial charge on any atom is -1.00 e. The number of hydrogen-bond acceptors (Lipinski definition) is 32. The van der Waals surface area contributed by atoms with Gasteiger partial charge in [0.1, 0.15) is 65.6 Å². The summed E-state index contributed by atoms with van der Waals surface area (Å²) in [6, 6.07) is 22.9. The van der Waals surface area contributed by atoms with Crippen molar-refractivity contribution in [3.63, 3.8) is 0 Å². The van der Waals surface area contributed by atoms with E-state index in [1.807, 2.05) is 140 Å². The van der Waals surface area contributed by atoms with Crippen LogP contribution in [0.3, 0.4) is 0 Å². The molecule has 44 nitrogen and oxygen atoms in total. The Kier molecular flexibility index (Phi) is 36.7. The number of rotatable bonds is 32. The molecule has 0 aliphatic heterocycles. The molecule has 4 aliphatic carbocycles. The molecule has 16 heterocycles. The number of aromatic nitrogens is 24. The van der Waals surface area contributed by atoms with Crippen LogP contribution in [0.5, 0.6) is 0 Å².